The Balaban J connectivity index is 1.64. The number of nitrogens with one attached hydrogen (secondary N) is 1. The molecule has 0 saturated carbocycles. The molecule has 0 unspecified atom stereocenters. The summed E-state index contributed by atoms with van der Waals surface area (Å²) in [5.74, 6) is -0.269. The third-order valence-corrected chi connectivity index (χ3v) is 4.20. The molecule has 1 aromatic carbocycles. The first-order valence-corrected chi connectivity index (χ1v) is 7.58. The van der Waals surface area contributed by atoms with Gasteiger partial charge in [-0.25, -0.2) is 0 Å². The molecule has 130 valence electrons. The van der Waals surface area contributed by atoms with Gasteiger partial charge in [0.25, 0.3) is 0 Å². The third kappa shape index (κ3) is 3.64. The summed E-state index contributed by atoms with van der Waals surface area (Å²) < 4.78 is 40.2. The highest BCUT2D eigenvalue weighted by atomic mass is 19.4. The molecule has 3 rings (SSSR count). The van der Waals surface area contributed by atoms with Crippen LogP contribution in [0.2, 0.25) is 0 Å². The highest BCUT2D eigenvalue weighted by Crippen LogP contribution is 2.36. The van der Waals surface area contributed by atoms with Gasteiger partial charge in [-0.1, -0.05) is 0 Å². The normalized spacial score (nSPS) is 20.6. The monoisotopic (exact) mass is 340 g/mol. The lowest BCUT2D eigenvalue weighted by atomic mass is 9.74. The first-order valence-electron chi connectivity index (χ1n) is 7.58. The van der Waals surface area contributed by atoms with Gasteiger partial charge >= 0.3 is 6.36 Å². The van der Waals surface area contributed by atoms with Crippen molar-refractivity contribution in [3.8, 4) is 5.75 Å². The molecular weight excluding hydrogens is 321 g/mol. The molecule has 0 bridgehead atoms. The predicted octanol–water partition coefficient (Wildman–Crippen LogP) is 2.38. The molecule has 2 aliphatic heterocycles. The average molecular weight is 340 g/mol. The summed E-state index contributed by atoms with van der Waals surface area (Å²) in [5, 5.41) is 3.27. The van der Waals surface area contributed by atoms with Gasteiger partial charge in [-0.2, -0.15) is 0 Å². The van der Waals surface area contributed by atoms with E-state index in [0.29, 0.717) is 16.8 Å². The molecular formula is C16H19F3N4O. The summed E-state index contributed by atoms with van der Waals surface area (Å²) >= 11 is 0. The van der Waals surface area contributed by atoms with E-state index in [1.807, 2.05) is 6.92 Å². The molecule has 3 N–H and O–H groups in total. The Labute approximate surface area is 138 Å². The first-order chi connectivity index (χ1) is 11.3. The lowest BCUT2D eigenvalue weighted by molar-refractivity contribution is -0.274. The van der Waals surface area contributed by atoms with Gasteiger partial charge in [0.15, 0.2) is 0 Å². The second-order valence-corrected chi connectivity index (χ2v) is 6.33. The number of alkyl halides is 3. The molecule has 5 nitrogen and oxygen atoms in total. The van der Waals surface area contributed by atoms with Gasteiger partial charge in [0, 0.05) is 37.3 Å². The van der Waals surface area contributed by atoms with Crippen LogP contribution in [0.3, 0.4) is 0 Å². The van der Waals surface area contributed by atoms with Crippen LogP contribution in [0, 0.1) is 5.41 Å². The second-order valence-electron chi connectivity index (χ2n) is 6.33. The zero-order valence-electron chi connectivity index (χ0n) is 13.2. The Bertz CT molecular complexity index is 651. The van der Waals surface area contributed by atoms with Crippen LogP contribution in [0.5, 0.6) is 5.75 Å². The van der Waals surface area contributed by atoms with Crippen LogP contribution in [0.25, 0.3) is 0 Å². The fourth-order valence-electron chi connectivity index (χ4n) is 2.94. The number of benzene rings is 1. The maximum Gasteiger partial charge on any atom is 0.573 e. The Morgan fingerprint density at radius 3 is 2.38 bits per heavy atom. The molecule has 8 heteroatoms. The third-order valence-electron chi connectivity index (χ3n) is 4.20. The van der Waals surface area contributed by atoms with E-state index in [1.165, 1.54) is 24.3 Å². The van der Waals surface area contributed by atoms with Crippen molar-refractivity contribution in [2.24, 2.45) is 16.1 Å². The Kier molecular flexibility index (Phi) is 4.16. The smallest absolute Gasteiger partial charge is 0.406 e. The van der Waals surface area contributed by atoms with Crippen molar-refractivity contribution in [1.82, 2.24) is 10.2 Å². The SMILES string of the molecule is C/C(N)=C(/C=Nc1ccc(OC(F)(F)F)cc1)N1CC2(CNC2)C1. The molecule has 1 aromatic rings. The number of nitrogens with two attached hydrogens (primary N) is 1. The topological polar surface area (TPSA) is 62.9 Å². The van der Waals surface area contributed by atoms with E-state index in [-0.39, 0.29) is 5.75 Å². The summed E-state index contributed by atoms with van der Waals surface area (Å²) in [6.45, 7) is 5.74. The van der Waals surface area contributed by atoms with Crippen molar-refractivity contribution in [3.05, 3.63) is 35.7 Å². The van der Waals surface area contributed by atoms with Crippen molar-refractivity contribution < 1.29 is 17.9 Å². The number of likely N-dealkylation sites (tertiary alicyclic amines) is 1. The lowest BCUT2D eigenvalue weighted by Gasteiger charge is -2.57. The number of rotatable bonds is 4. The highest BCUT2D eigenvalue weighted by Gasteiger charge is 2.48. The van der Waals surface area contributed by atoms with Crippen LogP contribution in [0.1, 0.15) is 6.92 Å². The summed E-state index contributed by atoms with van der Waals surface area (Å²) in [6, 6.07) is 5.40. The Hall–Kier alpha value is -2.22. The van der Waals surface area contributed by atoms with Crippen molar-refractivity contribution in [2.45, 2.75) is 13.3 Å². The molecule has 2 aliphatic rings. The zero-order chi connectivity index (χ0) is 17.4. The van der Waals surface area contributed by atoms with Gasteiger partial charge in [-0.3, -0.25) is 4.99 Å². The van der Waals surface area contributed by atoms with E-state index in [2.05, 4.69) is 19.9 Å². The number of ether oxygens (including phenoxy) is 1. The van der Waals surface area contributed by atoms with Gasteiger partial charge in [0.05, 0.1) is 17.6 Å². The number of hydrogen-bond donors (Lipinski definition) is 2. The van der Waals surface area contributed by atoms with Gasteiger partial charge in [-0.15, -0.1) is 13.2 Å². The number of hydrogen-bond acceptors (Lipinski definition) is 5. The van der Waals surface area contributed by atoms with Crippen LogP contribution in [0.4, 0.5) is 18.9 Å². The number of nitrogens with zero attached hydrogens (tertiary/aromatic N) is 2. The van der Waals surface area contributed by atoms with Crippen LogP contribution in [-0.4, -0.2) is 43.7 Å². The maximum absolute atomic E-state index is 12.1. The van der Waals surface area contributed by atoms with E-state index < -0.39 is 6.36 Å². The first kappa shape index (κ1) is 16.6. The predicted molar refractivity (Wildman–Crippen MR) is 85.0 cm³/mol. The number of aliphatic imine (C=N–C) groups is 1. The van der Waals surface area contributed by atoms with Crippen molar-refractivity contribution in [2.75, 3.05) is 26.2 Å². The summed E-state index contributed by atoms with van der Waals surface area (Å²) in [5.41, 5.74) is 8.35. The van der Waals surface area contributed by atoms with E-state index in [4.69, 9.17) is 5.73 Å². The minimum absolute atomic E-state index is 0.269. The van der Waals surface area contributed by atoms with Gasteiger partial charge in [0.1, 0.15) is 5.75 Å². The molecule has 2 heterocycles. The van der Waals surface area contributed by atoms with Crippen LogP contribution in [0.15, 0.2) is 40.7 Å². The van der Waals surface area contributed by atoms with Crippen LogP contribution < -0.4 is 15.8 Å². The molecule has 0 aliphatic carbocycles. The molecule has 0 atom stereocenters. The van der Waals surface area contributed by atoms with Crippen LogP contribution in [-0.2, 0) is 0 Å². The maximum atomic E-state index is 12.1. The van der Waals surface area contributed by atoms with Gasteiger partial charge < -0.3 is 20.7 Å². The average Bonchev–Trinajstić information content (AvgIpc) is 2.38. The number of halogens is 3. The van der Waals surface area contributed by atoms with E-state index in [0.717, 1.165) is 31.9 Å². The summed E-state index contributed by atoms with van der Waals surface area (Å²) in [7, 11) is 0. The van der Waals surface area contributed by atoms with Crippen LogP contribution >= 0.6 is 0 Å². The van der Waals surface area contributed by atoms with E-state index in [1.54, 1.807) is 6.21 Å². The molecule has 2 saturated heterocycles. The molecule has 0 aromatic heterocycles. The molecule has 1 spiro atoms. The minimum atomic E-state index is -4.69. The van der Waals surface area contributed by atoms with Crippen molar-refractivity contribution in [1.29, 1.82) is 0 Å². The van der Waals surface area contributed by atoms with E-state index in [9.17, 15) is 13.2 Å². The summed E-state index contributed by atoms with van der Waals surface area (Å²) in [6.07, 6.45) is -3.03. The standard InChI is InChI=1S/C16H19F3N4O/c1-11(20)14(23-9-15(10-23)7-21-8-15)6-22-12-2-4-13(5-3-12)24-16(17,18)19/h2-6,21H,7-10,20H2,1H3/b14-11+,22-6?. The van der Waals surface area contributed by atoms with Gasteiger partial charge in [-0.05, 0) is 31.2 Å². The highest BCUT2D eigenvalue weighted by molar-refractivity contribution is 5.81. The Morgan fingerprint density at radius 2 is 1.92 bits per heavy atom. The molecule has 0 radical (unpaired) electrons. The zero-order valence-corrected chi connectivity index (χ0v) is 13.2. The lowest BCUT2D eigenvalue weighted by Crippen LogP contribution is -2.70. The molecule has 0 amide bonds. The van der Waals surface area contributed by atoms with Crippen molar-refractivity contribution in [3.63, 3.8) is 0 Å². The fraction of sp³-hybridized carbons (Fsp3) is 0.438. The minimum Gasteiger partial charge on any atom is -0.406 e. The van der Waals surface area contributed by atoms with Gasteiger partial charge in [0.2, 0.25) is 0 Å². The molecule has 2 fully saturated rings. The largest absolute Gasteiger partial charge is 0.573 e. The van der Waals surface area contributed by atoms with Crippen molar-refractivity contribution >= 4 is 11.9 Å². The number of allylic oxidation sites excluding steroid dienone is 2. The Morgan fingerprint density at radius 1 is 1.29 bits per heavy atom. The fourth-order valence-corrected chi connectivity index (χ4v) is 2.94. The van der Waals surface area contributed by atoms with E-state index >= 15 is 0 Å². The molecule has 24 heavy (non-hydrogen) atoms. The summed E-state index contributed by atoms with van der Waals surface area (Å²) in [4.78, 5) is 6.47. The quantitative estimate of drug-likeness (QED) is 0.826. The second kappa shape index (κ2) is 6.01.